The summed E-state index contributed by atoms with van der Waals surface area (Å²) in [6.07, 6.45) is 1.91. The predicted molar refractivity (Wildman–Crippen MR) is 57.1 cm³/mol. The van der Waals surface area contributed by atoms with Gasteiger partial charge in [-0.3, -0.25) is 4.79 Å². The van der Waals surface area contributed by atoms with Gasteiger partial charge >= 0.3 is 0 Å². The highest BCUT2D eigenvalue weighted by Crippen LogP contribution is 1.94. The Bertz CT molecular complexity index is 158. The normalized spacial score (nSPS) is 12.9. The largest absolute Gasteiger partial charge is 0.395 e. The lowest BCUT2D eigenvalue weighted by Gasteiger charge is -2.16. The van der Waals surface area contributed by atoms with Gasteiger partial charge in [0.25, 0.3) is 0 Å². The number of carbonyl (C=O) groups is 1. The van der Waals surface area contributed by atoms with E-state index in [1.54, 1.807) is 0 Å². The first-order chi connectivity index (χ1) is 6.63. The third kappa shape index (κ3) is 5.94. The number of rotatable bonds is 7. The molecule has 1 amide bonds. The third-order valence-electron chi connectivity index (χ3n) is 2.24. The van der Waals surface area contributed by atoms with Crippen molar-refractivity contribution in [3.63, 3.8) is 0 Å². The smallest absolute Gasteiger partial charge is 0.234 e. The summed E-state index contributed by atoms with van der Waals surface area (Å²) in [6, 6.07) is 0.246. The fourth-order valence-electron chi connectivity index (χ4n) is 1.10. The zero-order valence-electron chi connectivity index (χ0n) is 9.34. The molecule has 0 spiro atoms. The molecule has 3 N–H and O–H groups in total. The van der Waals surface area contributed by atoms with E-state index in [1.807, 2.05) is 6.92 Å². The van der Waals surface area contributed by atoms with Gasteiger partial charge in [0.1, 0.15) is 0 Å². The number of carbonyl (C=O) groups excluding carboxylic acids is 1. The number of hydrogen-bond donors (Lipinski definition) is 3. The van der Waals surface area contributed by atoms with Crippen molar-refractivity contribution in [2.24, 2.45) is 0 Å². The van der Waals surface area contributed by atoms with E-state index in [2.05, 4.69) is 24.5 Å². The molecule has 14 heavy (non-hydrogen) atoms. The molecule has 84 valence electrons. The molecule has 1 unspecified atom stereocenters. The van der Waals surface area contributed by atoms with Crippen molar-refractivity contribution in [1.82, 2.24) is 10.6 Å². The topological polar surface area (TPSA) is 61.4 Å². The highest BCUT2D eigenvalue weighted by atomic mass is 16.3. The van der Waals surface area contributed by atoms with Crippen molar-refractivity contribution in [3.05, 3.63) is 0 Å². The van der Waals surface area contributed by atoms with Crippen LogP contribution in [-0.4, -0.2) is 36.2 Å². The average Bonchev–Trinajstić information content (AvgIpc) is 2.22. The van der Waals surface area contributed by atoms with Gasteiger partial charge in [-0.25, -0.2) is 0 Å². The Morgan fingerprint density at radius 3 is 2.36 bits per heavy atom. The van der Waals surface area contributed by atoms with Gasteiger partial charge in [0.15, 0.2) is 0 Å². The maximum Gasteiger partial charge on any atom is 0.234 e. The summed E-state index contributed by atoms with van der Waals surface area (Å²) in [5.74, 6) is -0.000926. The van der Waals surface area contributed by atoms with Crippen LogP contribution in [0, 0.1) is 0 Å². The third-order valence-corrected chi connectivity index (χ3v) is 2.24. The van der Waals surface area contributed by atoms with Gasteiger partial charge in [-0.2, -0.15) is 0 Å². The Morgan fingerprint density at radius 1 is 1.36 bits per heavy atom. The average molecular weight is 202 g/mol. The number of aliphatic hydroxyl groups excluding tert-OH is 1. The van der Waals surface area contributed by atoms with E-state index in [9.17, 15) is 4.79 Å². The van der Waals surface area contributed by atoms with Crippen molar-refractivity contribution < 1.29 is 9.90 Å². The minimum Gasteiger partial charge on any atom is -0.395 e. The minimum atomic E-state index is -0.0255. The van der Waals surface area contributed by atoms with E-state index in [0.29, 0.717) is 0 Å². The molecule has 0 aliphatic carbocycles. The molecule has 0 aromatic carbocycles. The van der Waals surface area contributed by atoms with Gasteiger partial charge in [-0.05, 0) is 19.8 Å². The molecule has 0 saturated heterocycles. The molecule has 1 atom stereocenters. The second kappa shape index (κ2) is 7.76. The van der Waals surface area contributed by atoms with Gasteiger partial charge in [0.05, 0.1) is 13.2 Å². The van der Waals surface area contributed by atoms with Crippen LogP contribution in [0.5, 0.6) is 0 Å². The number of aliphatic hydroxyl groups is 1. The molecule has 0 heterocycles. The maximum atomic E-state index is 11.3. The van der Waals surface area contributed by atoms with Crippen molar-refractivity contribution in [1.29, 1.82) is 0 Å². The summed E-state index contributed by atoms with van der Waals surface area (Å²) in [5, 5.41) is 14.6. The summed E-state index contributed by atoms with van der Waals surface area (Å²) in [7, 11) is 0. The Kier molecular flexibility index (Phi) is 7.42. The molecule has 0 fully saturated rings. The standard InChI is InChI=1S/C10H22N2O2/c1-4-9(5-2)12-10(14)6-11-8(3)7-13/h8-9,11,13H,4-7H2,1-3H3,(H,12,14). The van der Waals surface area contributed by atoms with Crippen LogP contribution in [0.25, 0.3) is 0 Å². The first kappa shape index (κ1) is 13.4. The van der Waals surface area contributed by atoms with Crippen LogP contribution in [0.4, 0.5) is 0 Å². The Labute approximate surface area is 86.1 Å². The fraction of sp³-hybridized carbons (Fsp3) is 0.900. The number of hydrogen-bond acceptors (Lipinski definition) is 3. The second-order valence-electron chi connectivity index (χ2n) is 3.55. The predicted octanol–water partition coefficient (Wildman–Crippen LogP) is 0.262. The molecule has 0 aromatic heterocycles. The van der Waals surface area contributed by atoms with E-state index >= 15 is 0 Å². The molecule has 0 aliphatic rings. The highest BCUT2D eigenvalue weighted by molar-refractivity contribution is 5.78. The Morgan fingerprint density at radius 2 is 1.93 bits per heavy atom. The van der Waals surface area contributed by atoms with E-state index in [0.717, 1.165) is 12.8 Å². The number of nitrogens with one attached hydrogen (secondary N) is 2. The molecule has 4 heteroatoms. The Balaban J connectivity index is 3.64. The van der Waals surface area contributed by atoms with Crippen molar-refractivity contribution >= 4 is 5.91 Å². The molecular weight excluding hydrogens is 180 g/mol. The van der Waals surface area contributed by atoms with Crippen LogP contribution < -0.4 is 10.6 Å². The van der Waals surface area contributed by atoms with E-state index in [-0.39, 0.29) is 31.1 Å². The first-order valence-corrected chi connectivity index (χ1v) is 5.27. The summed E-state index contributed by atoms with van der Waals surface area (Å²) in [5.41, 5.74) is 0. The molecule has 0 rings (SSSR count). The molecule has 4 nitrogen and oxygen atoms in total. The van der Waals surface area contributed by atoms with E-state index in [1.165, 1.54) is 0 Å². The van der Waals surface area contributed by atoms with Crippen LogP contribution >= 0.6 is 0 Å². The summed E-state index contributed by atoms with van der Waals surface area (Å²) < 4.78 is 0. The summed E-state index contributed by atoms with van der Waals surface area (Å²) >= 11 is 0. The molecule has 0 aliphatic heterocycles. The summed E-state index contributed by atoms with van der Waals surface area (Å²) in [4.78, 5) is 11.3. The van der Waals surface area contributed by atoms with Gasteiger partial charge in [-0.1, -0.05) is 13.8 Å². The SMILES string of the molecule is CCC(CC)NC(=O)CNC(C)CO. The van der Waals surface area contributed by atoms with Crippen molar-refractivity contribution in [3.8, 4) is 0 Å². The first-order valence-electron chi connectivity index (χ1n) is 5.27. The highest BCUT2D eigenvalue weighted by Gasteiger charge is 2.08. The van der Waals surface area contributed by atoms with Gasteiger partial charge < -0.3 is 15.7 Å². The molecule has 0 saturated carbocycles. The zero-order chi connectivity index (χ0) is 11.0. The lowest BCUT2D eigenvalue weighted by Crippen LogP contribution is -2.43. The van der Waals surface area contributed by atoms with Gasteiger partial charge in [0, 0.05) is 12.1 Å². The zero-order valence-corrected chi connectivity index (χ0v) is 9.34. The van der Waals surface area contributed by atoms with Crippen molar-refractivity contribution in [2.75, 3.05) is 13.2 Å². The van der Waals surface area contributed by atoms with Gasteiger partial charge in [0.2, 0.25) is 5.91 Å². The molecule has 0 aromatic rings. The molecule has 0 radical (unpaired) electrons. The van der Waals surface area contributed by atoms with Gasteiger partial charge in [-0.15, -0.1) is 0 Å². The monoisotopic (exact) mass is 202 g/mol. The lowest BCUT2D eigenvalue weighted by molar-refractivity contribution is -0.121. The summed E-state index contributed by atoms with van der Waals surface area (Å²) in [6.45, 7) is 6.28. The van der Waals surface area contributed by atoms with Crippen LogP contribution in [0.3, 0.4) is 0 Å². The second-order valence-corrected chi connectivity index (χ2v) is 3.55. The quantitative estimate of drug-likeness (QED) is 0.555. The van der Waals surface area contributed by atoms with Crippen LogP contribution in [0.15, 0.2) is 0 Å². The minimum absolute atomic E-state index is 0.000926. The molecule has 0 bridgehead atoms. The van der Waals surface area contributed by atoms with Crippen LogP contribution in [0.1, 0.15) is 33.6 Å². The maximum absolute atomic E-state index is 11.3. The Hall–Kier alpha value is -0.610. The van der Waals surface area contributed by atoms with Crippen LogP contribution in [-0.2, 0) is 4.79 Å². The fourth-order valence-corrected chi connectivity index (χ4v) is 1.10. The van der Waals surface area contributed by atoms with E-state index in [4.69, 9.17) is 5.11 Å². The number of amides is 1. The van der Waals surface area contributed by atoms with E-state index < -0.39 is 0 Å². The van der Waals surface area contributed by atoms with Crippen molar-refractivity contribution in [2.45, 2.75) is 45.7 Å². The van der Waals surface area contributed by atoms with Crippen LogP contribution in [0.2, 0.25) is 0 Å². The lowest BCUT2D eigenvalue weighted by atomic mass is 10.2. The molecular formula is C10H22N2O2.